The van der Waals surface area contributed by atoms with Crippen molar-refractivity contribution in [2.75, 3.05) is 33.3 Å². The van der Waals surface area contributed by atoms with Gasteiger partial charge < -0.3 is 14.5 Å². The van der Waals surface area contributed by atoms with Crippen LogP contribution in [0.3, 0.4) is 0 Å². The molecule has 0 unspecified atom stereocenters. The van der Waals surface area contributed by atoms with E-state index in [1.807, 2.05) is 18.2 Å². The first kappa shape index (κ1) is 17.7. The molecule has 2 aromatic rings. The summed E-state index contributed by atoms with van der Waals surface area (Å²) in [5, 5.41) is 0. The standard InChI is InChI=1S/C20H20N2O4/c1-26-20(25)17-9-7-16(8-10-17)19(24)22-13-11-21(12-14-22)18(23)15-5-3-2-4-6-15/h2-10H,11-14H2,1H3. The molecule has 6 nitrogen and oxygen atoms in total. The van der Waals surface area contributed by atoms with E-state index < -0.39 is 5.97 Å². The van der Waals surface area contributed by atoms with E-state index in [9.17, 15) is 14.4 Å². The monoisotopic (exact) mass is 352 g/mol. The SMILES string of the molecule is COC(=O)c1ccc(C(=O)N2CCN(C(=O)c3ccccc3)CC2)cc1. The van der Waals surface area contributed by atoms with Crippen LogP contribution < -0.4 is 0 Å². The van der Waals surface area contributed by atoms with E-state index in [0.717, 1.165) is 0 Å². The number of carbonyl (C=O) groups is 3. The Morgan fingerprint density at radius 2 is 1.12 bits per heavy atom. The molecule has 0 spiro atoms. The lowest BCUT2D eigenvalue weighted by molar-refractivity contribution is 0.0535. The third-order valence-electron chi connectivity index (χ3n) is 4.43. The third kappa shape index (κ3) is 3.74. The van der Waals surface area contributed by atoms with Crippen molar-refractivity contribution in [3.8, 4) is 0 Å². The number of ether oxygens (including phenoxy) is 1. The molecular weight excluding hydrogens is 332 g/mol. The van der Waals surface area contributed by atoms with Gasteiger partial charge in [-0.2, -0.15) is 0 Å². The first-order valence-corrected chi connectivity index (χ1v) is 8.42. The largest absolute Gasteiger partial charge is 0.465 e. The predicted molar refractivity (Wildman–Crippen MR) is 96.0 cm³/mol. The molecule has 1 heterocycles. The minimum Gasteiger partial charge on any atom is -0.465 e. The van der Waals surface area contributed by atoms with Gasteiger partial charge in [0.2, 0.25) is 0 Å². The van der Waals surface area contributed by atoms with Gasteiger partial charge in [0.25, 0.3) is 11.8 Å². The zero-order chi connectivity index (χ0) is 18.5. The zero-order valence-electron chi connectivity index (χ0n) is 14.6. The first-order chi connectivity index (χ1) is 12.6. The van der Waals surface area contributed by atoms with Crippen molar-refractivity contribution in [2.45, 2.75) is 0 Å². The maximum absolute atomic E-state index is 12.6. The minimum atomic E-state index is -0.433. The molecule has 26 heavy (non-hydrogen) atoms. The van der Waals surface area contributed by atoms with Crippen molar-refractivity contribution in [3.63, 3.8) is 0 Å². The Hall–Kier alpha value is -3.15. The van der Waals surface area contributed by atoms with Crippen molar-refractivity contribution in [2.24, 2.45) is 0 Å². The van der Waals surface area contributed by atoms with Crippen LogP contribution in [0.5, 0.6) is 0 Å². The van der Waals surface area contributed by atoms with Gasteiger partial charge in [0.15, 0.2) is 0 Å². The Labute approximate surface area is 152 Å². The molecule has 0 aromatic heterocycles. The van der Waals surface area contributed by atoms with Crippen LogP contribution in [0.25, 0.3) is 0 Å². The fourth-order valence-electron chi connectivity index (χ4n) is 2.93. The van der Waals surface area contributed by atoms with E-state index in [1.54, 1.807) is 46.2 Å². The molecule has 1 aliphatic heterocycles. The average molecular weight is 352 g/mol. The van der Waals surface area contributed by atoms with Crippen LogP contribution in [0.1, 0.15) is 31.1 Å². The van der Waals surface area contributed by atoms with Crippen LogP contribution in [-0.4, -0.2) is 60.9 Å². The van der Waals surface area contributed by atoms with Gasteiger partial charge in [-0.15, -0.1) is 0 Å². The van der Waals surface area contributed by atoms with E-state index in [2.05, 4.69) is 4.74 Å². The van der Waals surface area contributed by atoms with E-state index >= 15 is 0 Å². The highest BCUT2D eigenvalue weighted by Crippen LogP contribution is 2.13. The van der Waals surface area contributed by atoms with Crippen LogP contribution in [-0.2, 0) is 4.74 Å². The molecule has 3 rings (SSSR count). The smallest absolute Gasteiger partial charge is 0.337 e. The summed E-state index contributed by atoms with van der Waals surface area (Å²) < 4.78 is 4.65. The van der Waals surface area contributed by atoms with Gasteiger partial charge in [-0.05, 0) is 36.4 Å². The van der Waals surface area contributed by atoms with Gasteiger partial charge in [-0.1, -0.05) is 18.2 Å². The molecule has 1 saturated heterocycles. The summed E-state index contributed by atoms with van der Waals surface area (Å²) in [7, 11) is 1.32. The van der Waals surface area contributed by atoms with Gasteiger partial charge in [0.05, 0.1) is 12.7 Å². The highest BCUT2D eigenvalue weighted by molar-refractivity contribution is 5.97. The molecule has 1 fully saturated rings. The maximum Gasteiger partial charge on any atom is 0.337 e. The molecule has 0 saturated carbocycles. The number of carbonyl (C=O) groups excluding carboxylic acids is 3. The van der Waals surface area contributed by atoms with Crippen molar-refractivity contribution in [1.82, 2.24) is 9.80 Å². The number of hydrogen-bond donors (Lipinski definition) is 0. The number of benzene rings is 2. The van der Waals surface area contributed by atoms with E-state index in [0.29, 0.717) is 42.9 Å². The van der Waals surface area contributed by atoms with E-state index in [4.69, 9.17) is 0 Å². The van der Waals surface area contributed by atoms with Gasteiger partial charge in [-0.3, -0.25) is 9.59 Å². The molecule has 0 N–H and O–H groups in total. The fourth-order valence-corrected chi connectivity index (χ4v) is 2.93. The number of esters is 1. The third-order valence-corrected chi connectivity index (χ3v) is 4.43. The normalized spacial score (nSPS) is 14.0. The van der Waals surface area contributed by atoms with E-state index in [1.165, 1.54) is 7.11 Å². The van der Waals surface area contributed by atoms with Gasteiger partial charge >= 0.3 is 5.97 Å². The van der Waals surface area contributed by atoms with E-state index in [-0.39, 0.29) is 11.8 Å². The minimum absolute atomic E-state index is 0.0138. The quantitative estimate of drug-likeness (QED) is 0.793. The van der Waals surface area contributed by atoms with Crippen LogP contribution in [0.15, 0.2) is 54.6 Å². The molecule has 2 amide bonds. The summed E-state index contributed by atoms with van der Waals surface area (Å²) in [5.74, 6) is -0.551. The zero-order valence-corrected chi connectivity index (χ0v) is 14.6. The molecule has 134 valence electrons. The lowest BCUT2D eigenvalue weighted by atomic mass is 10.1. The summed E-state index contributed by atoms with van der Waals surface area (Å²) in [6.07, 6.45) is 0. The molecule has 0 atom stereocenters. The van der Waals surface area contributed by atoms with Crippen LogP contribution >= 0.6 is 0 Å². The number of methoxy groups -OCH3 is 1. The molecule has 0 aliphatic carbocycles. The molecule has 2 aromatic carbocycles. The Morgan fingerprint density at radius 3 is 1.58 bits per heavy atom. The Bertz CT molecular complexity index is 794. The molecule has 6 heteroatoms. The van der Waals surface area contributed by atoms with Crippen molar-refractivity contribution in [3.05, 3.63) is 71.3 Å². The van der Waals surface area contributed by atoms with Crippen molar-refractivity contribution >= 4 is 17.8 Å². The lowest BCUT2D eigenvalue weighted by Crippen LogP contribution is -2.50. The van der Waals surface area contributed by atoms with Crippen LogP contribution in [0, 0.1) is 0 Å². The summed E-state index contributed by atoms with van der Waals surface area (Å²) in [6, 6.07) is 15.5. The number of amides is 2. The van der Waals surface area contributed by atoms with Crippen molar-refractivity contribution < 1.29 is 19.1 Å². The maximum atomic E-state index is 12.6. The second-order valence-electron chi connectivity index (χ2n) is 6.02. The summed E-state index contributed by atoms with van der Waals surface area (Å²) in [4.78, 5) is 40.0. The topological polar surface area (TPSA) is 66.9 Å². The highest BCUT2D eigenvalue weighted by atomic mass is 16.5. The Morgan fingerprint density at radius 1 is 0.692 bits per heavy atom. The Kier molecular flexibility index (Phi) is 5.31. The lowest BCUT2D eigenvalue weighted by Gasteiger charge is -2.34. The van der Waals surface area contributed by atoms with Crippen LogP contribution in [0.4, 0.5) is 0 Å². The summed E-state index contributed by atoms with van der Waals surface area (Å²) >= 11 is 0. The number of rotatable bonds is 3. The molecule has 0 bridgehead atoms. The van der Waals surface area contributed by atoms with Gasteiger partial charge in [0, 0.05) is 37.3 Å². The molecule has 0 radical (unpaired) electrons. The predicted octanol–water partition coefficient (Wildman–Crippen LogP) is 2.07. The Balaban J connectivity index is 1.60. The highest BCUT2D eigenvalue weighted by Gasteiger charge is 2.25. The number of nitrogens with zero attached hydrogens (tertiary/aromatic N) is 2. The molecular formula is C20H20N2O4. The van der Waals surface area contributed by atoms with Gasteiger partial charge in [-0.25, -0.2) is 4.79 Å². The average Bonchev–Trinajstić information content (AvgIpc) is 2.73. The first-order valence-electron chi connectivity index (χ1n) is 8.42. The van der Waals surface area contributed by atoms with Gasteiger partial charge in [0.1, 0.15) is 0 Å². The fraction of sp³-hybridized carbons (Fsp3) is 0.250. The number of piperazine rings is 1. The summed E-state index contributed by atoms with van der Waals surface area (Å²) in [5.41, 5.74) is 1.58. The second kappa shape index (κ2) is 7.82. The molecule has 1 aliphatic rings. The van der Waals surface area contributed by atoms with Crippen molar-refractivity contribution in [1.29, 1.82) is 0 Å². The summed E-state index contributed by atoms with van der Waals surface area (Å²) in [6.45, 7) is 1.96. The number of hydrogen-bond acceptors (Lipinski definition) is 4. The second-order valence-corrected chi connectivity index (χ2v) is 6.02. The van der Waals surface area contributed by atoms with Crippen LogP contribution in [0.2, 0.25) is 0 Å².